The predicted octanol–water partition coefficient (Wildman–Crippen LogP) is 3.56. The Kier molecular flexibility index (Phi) is 5.85. The first-order valence-corrected chi connectivity index (χ1v) is 9.87. The Hall–Kier alpha value is -2.45. The van der Waals surface area contributed by atoms with Crippen molar-refractivity contribution >= 4 is 34.1 Å². The van der Waals surface area contributed by atoms with Crippen molar-refractivity contribution in [3.05, 3.63) is 54.2 Å². The maximum absolute atomic E-state index is 12.7. The van der Waals surface area contributed by atoms with Crippen molar-refractivity contribution in [2.24, 2.45) is 7.05 Å². The molecule has 0 radical (unpaired) electrons. The van der Waals surface area contributed by atoms with E-state index in [-0.39, 0.29) is 11.7 Å². The summed E-state index contributed by atoms with van der Waals surface area (Å²) in [6, 6.07) is 9.92. The second kappa shape index (κ2) is 8.29. The van der Waals surface area contributed by atoms with E-state index < -0.39 is 0 Å². The fourth-order valence-corrected chi connectivity index (χ4v) is 3.96. The third-order valence-electron chi connectivity index (χ3n) is 3.78. The van der Waals surface area contributed by atoms with Gasteiger partial charge < -0.3 is 4.57 Å². The van der Waals surface area contributed by atoms with Gasteiger partial charge in [0.15, 0.2) is 10.3 Å². The fourth-order valence-electron chi connectivity index (χ4n) is 2.26. The summed E-state index contributed by atoms with van der Waals surface area (Å²) in [6.07, 6.45) is 1.71. The number of carbonyl (C=O) groups excluding carboxylic acids is 1. The van der Waals surface area contributed by atoms with Crippen molar-refractivity contribution in [1.29, 1.82) is 0 Å². The molecular weight excluding hydrogens is 366 g/mol. The summed E-state index contributed by atoms with van der Waals surface area (Å²) in [4.78, 5) is 19.0. The zero-order chi connectivity index (χ0) is 18.5. The van der Waals surface area contributed by atoms with E-state index in [1.54, 1.807) is 11.0 Å². The van der Waals surface area contributed by atoms with Crippen molar-refractivity contribution in [2.75, 3.05) is 17.2 Å². The van der Waals surface area contributed by atoms with E-state index in [4.69, 9.17) is 0 Å². The summed E-state index contributed by atoms with van der Waals surface area (Å²) in [7, 11) is 1.89. The van der Waals surface area contributed by atoms with Gasteiger partial charge in [-0.3, -0.25) is 9.69 Å². The molecule has 0 aliphatic heterocycles. The molecule has 0 saturated heterocycles. The van der Waals surface area contributed by atoms with Crippen LogP contribution in [0.4, 0.5) is 5.13 Å². The number of thioether (sulfide) groups is 1. The fraction of sp³-hybridized carbons (Fsp3) is 0.222. The first kappa shape index (κ1) is 18.3. The van der Waals surface area contributed by atoms with Gasteiger partial charge in [0.05, 0.1) is 11.4 Å². The van der Waals surface area contributed by atoms with Gasteiger partial charge in [0.25, 0.3) is 0 Å². The molecule has 0 aliphatic carbocycles. The summed E-state index contributed by atoms with van der Waals surface area (Å²) in [5.41, 5.74) is 1.90. The molecule has 8 heteroatoms. The largest absolute Gasteiger partial charge is 0.309 e. The molecule has 26 heavy (non-hydrogen) atoms. The Morgan fingerprint density at radius 1 is 1.35 bits per heavy atom. The van der Waals surface area contributed by atoms with Crippen LogP contribution in [0.5, 0.6) is 0 Å². The molecule has 1 amide bonds. The Morgan fingerprint density at radius 2 is 2.12 bits per heavy atom. The lowest BCUT2D eigenvalue weighted by Gasteiger charge is -2.17. The number of aryl methyl sites for hydroxylation is 1. The standard InChI is InChI=1S/C18H19N5OS2/c1-4-10-23(16(24)12-26-18-21-20-13(2)22(18)3)17-19-15(11-25-17)14-8-6-5-7-9-14/h4-9,11H,1,10,12H2,2-3H3. The van der Waals surface area contributed by atoms with E-state index in [0.717, 1.165) is 22.2 Å². The van der Waals surface area contributed by atoms with E-state index in [1.165, 1.54) is 23.1 Å². The smallest absolute Gasteiger partial charge is 0.239 e. The van der Waals surface area contributed by atoms with Gasteiger partial charge in [-0.15, -0.1) is 28.1 Å². The van der Waals surface area contributed by atoms with Crippen molar-refractivity contribution in [3.63, 3.8) is 0 Å². The number of nitrogens with zero attached hydrogens (tertiary/aromatic N) is 5. The zero-order valence-corrected chi connectivity index (χ0v) is 16.3. The highest BCUT2D eigenvalue weighted by molar-refractivity contribution is 7.99. The first-order valence-electron chi connectivity index (χ1n) is 8.01. The first-order chi connectivity index (χ1) is 12.6. The number of aromatic nitrogens is 4. The highest BCUT2D eigenvalue weighted by Crippen LogP contribution is 2.28. The summed E-state index contributed by atoms with van der Waals surface area (Å²) < 4.78 is 1.87. The van der Waals surface area contributed by atoms with Crippen molar-refractivity contribution in [3.8, 4) is 11.3 Å². The number of benzene rings is 1. The minimum Gasteiger partial charge on any atom is -0.309 e. The van der Waals surface area contributed by atoms with E-state index in [1.807, 2.05) is 54.3 Å². The monoisotopic (exact) mass is 385 g/mol. The second-order valence-electron chi connectivity index (χ2n) is 5.55. The highest BCUT2D eigenvalue weighted by Gasteiger charge is 2.19. The number of anilines is 1. The van der Waals surface area contributed by atoms with Gasteiger partial charge in [-0.25, -0.2) is 4.98 Å². The van der Waals surface area contributed by atoms with Gasteiger partial charge in [0.1, 0.15) is 5.82 Å². The molecule has 0 bridgehead atoms. The van der Waals surface area contributed by atoms with Crippen LogP contribution in [0, 0.1) is 6.92 Å². The Labute approximate surface area is 160 Å². The van der Waals surface area contributed by atoms with Gasteiger partial charge in [-0.2, -0.15) is 0 Å². The molecular formula is C18H19N5OS2. The normalized spacial score (nSPS) is 10.7. The maximum atomic E-state index is 12.7. The molecule has 0 N–H and O–H groups in total. The third-order valence-corrected chi connectivity index (χ3v) is 5.65. The number of hydrogen-bond donors (Lipinski definition) is 0. The molecule has 0 unspecified atom stereocenters. The molecule has 0 saturated carbocycles. The van der Waals surface area contributed by atoms with E-state index in [2.05, 4.69) is 21.8 Å². The van der Waals surface area contributed by atoms with Crippen LogP contribution in [-0.2, 0) is 11.8 Å². The summed E-state index contributed by atoms with van der Waals surface area (Å²) in [5, 5.41) is 11.4. The average Bonchev–Trinajstić information content (AvgIpc) is 3.27. The lowest BCUT2D eigenvalue weighted by molar-refractivity contribution is -0.116. The molecule has 0 fully saturated rings. The third kappa shape index (κ3) is 4.03. The SMILES string of the molecule is C=CCN(C(=O)CSc1nnc(C)n1C)c1nc(-c2ccccc2)cs1. The van der Waals surface area contributed by atoms with Gasteiger partial charge in [-0.05, 0) is 6.92 Å². The molecule has 2 heterocycles. The van der Waals surface area contributed by atoms with E-state index >= 15 is 0 Å². The average molecular weight is 386 g/mol. The van der Waals surface area contributed by atoms with Crippen LogP contribution in [0.1, 0.15) is 5.82 Å². The second-order valence-corrected chi connectivity index (χ2v) is 7.33. The van der Waals surface area contributed by atoms with Crippen molar-refractivity contribution < 1.29 is 4.79 Å². The number of hydrogen-bond acceptors (Lipinski definition) is 6. The van der Waals surface area contributed by atoms with Crippen LogP contribution in [0.15, 0.2) is 53.5 Å². The van der Waals surface area contributed by atoms with Crippen molar-refractivity contribution in [2.45, 2.75) is 12.1 Å². The quantitative estimate of drug-likeness (QED) is 0.460. The van der Waals surface area contributed by atoms with Gasteiger partial charge in [0.2, 0.25) is 5.91 Å². The van der Waals surface area contributed by atoms with Crippen LogP contribution >= 0.6 is 23.1 Å². The van der Waals surface area contributed by atoms with Gasteiger partial charge >= 0.3 is 0 Å². The molecule has 134 valence electrons. The summed E-state index contributed by atoms with van der Waals surface area (Å²) in [5.74, 6) is 1.04. The Balaban J connectivity index is 1.74. The molecule has 3 aromatic rings. The maximum Gasteiger partial charge on any atom is 0.239 e. The van der Waals surface area contributed by atoms with Crippen LogP contribution in [0.3, 0.4) is 0 Å². The number of carbonyl (C=O) groups is 1. The van der Waals surface area contributed by atoms with Crippen LogP contribution in [0.2, 0.25) is 0 Å². The number of rotatable bonds is 7. The van der Waals surface area contributed by atoms with Crippen LogP contribution in [-0.4, -0.2) is 38.0 Å². The highest BCUT2D eigenvalue weighted by atomic mass is 32.2. The van der Waals surface area contributed by atoms with Crippen LogP contribution in [0.25, 0.3) is 11.3 Å². The van der Waals surface area contributed by atoms with Crippen molar-refractivity contribution in [1.82, 2.24) is 19.7 Å². The Morgan fingerprint density at radius 3 is 2.77 bits per heavy atom. The van der Waals surface area contributed by atoms with Gasteiger partial charge in [-0.1, -0.05) is 48.2 Å². The molecule has 0 spiro atoms. The number of amides is 1. The summed E-state index contributed by atoms with van der Waals surface area (Å²) in [6.45, 7) is 6.05. The Bertz CT molecular complexity index is 903. The molecule has 0 aliphatic rings. The molecule has 3 rings (SSSR count). The summed E-state index contributed by atoms with van der Waals surface area (Å²) >= 11 is 2.82. The minimum atomic E-state index is -0.0375. The molecule has 2 aromatic heterocycles. The van der Waals surface area contributed by atoms with Crippen LogP contribution < -0.4 is 4.90 Å². The topological polar surface area (TPSA) is 63.9 Å². The lowest BCUT2D eigenvalue weighted by Crippen LogP contribution is -2.32. The minimum absolute atomic E-state index is 0.0375. The molecule has 6 nitrogen and oxygen atoms in total. The van der Waals surface area contributed by atoms with Gasteiger partial charge in [0, 0.05) is 24.5 Å². The van der Waals surface area contributed by atoms with E-state index in [9.17, 15) is 4.79 Å². The molecule has 1 aromatic carbocycles. The zero-order valence-electron chi connectivity index (χ0n) is 14.6. The number of thiazole rings is 1. The van der Waals surface area contributed by atoms with E-state index in [0.29, 0.717) is 11.7 Å². The molecule has 0 atom stereocenters. The lowest BCUT2D eigenvalue weighted by atomic mass is 10.2. The predicted molar refractivity (Wildman–Crippen MR) is 107 cm³/mol.